The Kier molecular flexibility index (Phi) is 4.37. The van der Waals surface area contributed by atoms with Gasteiger partial charge < -0.3 is 9.80 Å². The van der Waals surface area contributed by atoms with Crippen LogP contribution in [0.1, 0.15) is 30.1 Å². The van der Waals surface area contributed by atoms with E-state index in [2.05, 4.69) is 9.88 Å². The summed E-state index contributed by atoms with van der Waals surface area (Å²) in [6, 6.07) is 11.7. The Labute approximate surface area is 131 Å². The Balaban J connectivity index is 1.86. The van der Waals surface area contributed by atoms with Gasteiger partial charge in [0.25, 0.3) is 5.91 Å². The van der Waals surface area contributed by atoms with Gasteiger partial charge in [0.05, 0.1) is 17.4 Å². The number of amides is 1. The largest absolute Gasteiger partial charge is 0.370 e. The quantitative estimate of drug-likeness (QED) is 0.868. The maximum atomic E-state index is 12.8. The van der Waals surface area contributed by atoms with Crippen molar-refractivity contribution in [1.29, 1.82) is 0 Å². The van der Waals surface area contributed by atoms with Crippen LogP contribution in [0.25, 0.3) is 0 Å². The van der Waals surface area contributed by atoms with Crippen molar-refractivity contribution in [3.63, 3.8) is 0 Å². The first-order chi connectivity index (χ1) is 10.8. The van der Waals surface area contributed by atoms with Crippen LogP contribution in [0.3, 0.4) is 0 Å². The van der Waals surface area contributed by atoms with E-state index in [4.69, 9.17) is 0 Å². The highest BCUT2D eigenvalue weighted by atomic mass is 16.2. The molecule has 0 unspecified atom stereocenters. The highest BCUT2D eigenvalue weighted by Gasteiger charge is 2.19. The zero-order valence-corrected chi connectivity index (χ0v) is 12.9. The van der Waals surface area contributed by atoms with E-state index >= 15 is 0 Å². The number of para-hydroxylation sites is 1. The molecular formula is C18H21N3O. The lowest BCUT2D eigenvalue weighted by molar-refractivity contribution is 0.0988. The minimum atomic E-state index is 0.00208. The first kappa shape index (κ1) is 14.6. The fourth-order valence-electron chi connectivity index (χ4n) is 2.90. The van der Waals surface area contributed by atoms with Crippen LogP contribution in [0.2, 0.25) is 0 Å². The van der Waals surface area contributed by atoms with E-state index in [0.717, 1.165) is 24.5 Å². The lowest BCUT2D eigenvalue weighted by Crippen LogP contribution is -2.31. The molecule has 0 radical (unpaired) electrons. The molecule has 0 aliphatic carbocycles. The van der Waals surface area contributed by atoms with Crippen LogP contribution in [0.15, 0.2) is 48.8 Å². The smallest absolute Gasteiger partial charge is 0.259 e. The summed E-state index contributed by atoms with van der Waals surface area (Å²) in [6.07, 6.45) is 5.93. The van der Waals surface area contributed by atoms with Gasteiger partial charge in [-0.2, -0.15) is 0 Å². The Morgan fingerprint density at radius 2 is 1.91 bits per heavy atom. The molecule has 2 aromatic rings. The van der Waals surface area contributed by atoms with Crippen LogP contribution in [0, 0.1) is 0 Å². The molecule has 114 valence electrons. The highest BCUT2D eigenvalue weighted by Crippen LogP contribution is 2.22. The van der Waals surface area contributed by atoms with Gasteiger partial charge in [-0.3, -0.25) is 9.78 Å². The molecule has 1 fully saturated rings. The van der Waals surface area contributed by atoms with Crippen molar-refractivity contribution in [1.82, 2.24) is 4.98 Å². The van der Waals surface area contributed by atoms with Gasteiger partial charge in [0.1, 0.15) is 0 Å². The topological polar surface area (TPSA) is 36.4 Å². The predicted molar refractivity (Wildman–Crippen MR) is 89.5 cm³/mol. The van der Waals surface area contributed by atoms with E-state index in [9.17, 15) is 4.79 Å². The number of carbonyl (C=O) groups excluding carboxylic acids is 1. The molecule has 0 N–H and O–H groups in total. The number of nitrogens with zero attached hydrogens (tertiary/aromatic N) is 3. The van der Waals surface area contributed by atoms with Gasteiger partial charge in [0.2, 0.25) is 0 Å². The molecule has 1 saturated heterocycles. The average molecular weight is 295 g/mol. The molecule has 1 aliphatic heterocycles. The number of anilines is 2. The second-order valence-electron chi connectivity index (χ2n) is 5.51. The van der Waals surface area contributed by atoms with Crippen molar-refractivity contribution in [2.24, 2.45) is 0 Å². The molecular weight excluding hydrogens is 274 g/mol. The van der Waals surface area contributed by atoms with Gasteiger partial charge in [0.15, 0.2) is 0 Å². The second kappa shape index (κ2) is 6.60. The predicted octanol–water partition coefficient (Wildman–Crippen LogP) is 3.35. The molecule has 0 saturated carbocycles. The fraction of sp³-hybridized carbons (Fsp3) is 0.333. The standard InChI is InChI=1S/C18H21N3O/c1-2-21(16-8-4-3-5-9-16)18(22)15-12-17(14-19-13-15)20-10-6-7-11-20/h3-5,8-9,12-14H,2,6-7,10-11H2,1H3. The summed E-state index contributed by atoms with van der Waals surface area (Å²) in [5.41, 5.74) is 2.61. The van der Waals surface area contributed by atoms with Crippen molar-refractivity contribution in [2.45, 2.75) is 19.8 Å². The maximum absolute atomic E-state index is 12.8. The molecule has 2 heterocycles. The first-order valence-electron chi connectivity index (χ1n) is 7.86. The summed E-state index contributed by atoms with van der Waals surface area (Å²) in [4.78, 5) is 21.2. The third kappa shape index (κ3) is 2.96. The van der Waals surface area contributed by atoms with Crippen LogP contribution in [-0.2, 0) is 0 Å². The van der Waals surface area contributed by atoms with Crippen molar-refractivity contribution < 1.29 is 4.79 Å². The van der Waals surface area contributed by atoms with Gasteiger partial charge in [0, 0.05) is 31.5 Å². The summed E-state index contributed by atoms with van der Waals surface area (Å²) in [5.74, 6) is 0.00208. The zero-order chi connectivity index (χ0) is 15.4. The molecule has 0 bridgehead atoms. The average Bonchev–Trinajstić information content (AvgIpc) is 3.11. The van der Waals surface area contributed by atoms with Crippen LogP contribution >= 0.6 is 0 Å². The molecule has 4 heteroatoms. The summed E-state index contributed by atoms with van der Waals surface area (Å²) >= 11 is 0. The van der Waals surface area contributed by atoms with E-state index in [1.54, 1.807) is 11.1 Å². The minimum absolute atomic E-state index is 0.00208. The first-order valence-corrected chi connectivity index (χ1v) is 7.86. The Morgan fingerprint density at radius 1 is 1.18 bits per heavy atom. The lowest BCUT2D eigenvalue weighted by Gasteiger charge is -2.22. The van der Waals surface area contributed by atoms with E-state index in [-0.39, 0.29) is 5.91 Å². The van der Waals surface area contributed by atoms with E-state index < -0.39 is 0 Å². The van der Waals surface area contributed by atoms with E-state index in [0.29, 0.717) is 12.1 Å². The number of pyridine rings is 1. The number of hydrogen-bond acceptors (Lipinski definition) is 3. The third-order valence-corrected chi connectivity index (χ3v) is 4.07. The second-order valence-corrected chi connectivity index (χ2v) is 5.51. The minimum Gasteiger partial charge on any atom is -0.370 e. The molecule has 0 atom stereocenters. The molecule has 3 rings (SSSR count). The number of hydrogen-bond donors (Lipinski definition) is 0. The fourth-order valence-corrected chi connectivity index (χ4v) is 2.90. The lowest BCUT2D eigenvalue weighted by atomic mass is 10.2. The molecule has 1 aliphatic rings. The van der Waals surface area contributed by atoms with Crippen molar-refractivity contribution >= 4 is 17.3 Å². The van der Waals surface area contributed by atoms with Crippen molar-refractivity contribution in [2.75, 3.05) is 29.4 Å². The van der Waals surface area contributed by atoms with Crippen LogP contribution < -0.4 is 9.80 Å². The van der Waals surface area contributed by atoms with Gasteiger partial charge >= 0.3 is 0 Å². The summed E-state index contributed by atoms with van der Waals surface area (Å²) in [7, 11) is 0. The Morgan fingerprint density at radius 3 is 2.59 bits per heavy atom. The Bertz CT molecular complexity index is 636. The molecule has 1 aromatic heterocycles. The van der Waals surface area contributed by atoms with E-state index in [1.165, 1.54) is 12.8 Å². The summed E-state index contributed by atoms with van der Waals surface area (Å²) < 4.78 is 0. The molecule has 1 amide bonds. The van der Waals surface area contributed by atoms with Crippen LogP contribution in [0.5, 0.6) is 0 Å². The summed E-state index contributed by atoms with van der Waals surface area (Å²) in [6.45, 7) is 4.73. The van der Waals surface area contributed by atoms with Gasteiger partial charge in [-0.15, -0.1) is 0 Å². The highest BCUT2D eigenvalue weighted by molar-refractivity contribution is 6.06. The maximum Gasteiger partial charge on any atom is 0.259 e. The normalized spacial score (nSPS) is 14.1. The molecule has 22 heavy (non-hydrogen) atoms. The number of rotatable bonds is 4. The van der Waals surface area contributed by atoms with Crippen molar-refractivity contribution in [3.05, 3.63) is 54.4 Å². The van der Waals surface area contributed by atoms with Crippen LogP contribution in [0.4, 0.5) is 11.4 Å². The van der Waals surface area contributed by atoms with Crippen molar-refractivity contribution in [3.8, 4) is 0 Å². The monoisotopic (exact) mass is 295 g/mol. The SMILES string of the molecule is CCN(C(=O)c1cncc(N2CCCC2)c1)c1ccccc1. The number of benzene rings is 1. The number of aromatic nitrogens is 1. The van der Waals surface area contributed by atoms with Gasteiger partial charge in [-0.05, 0) is 38.0 Å². The van der Waals surface area contributed by atoms with Crippen LogP contribution in [-0.4, -0.2) is 30.5 Å². The van der Waals surface area contributed by atoms with Gasteiger partial charge in [-0.25, -0.2) is 0 Å². The molecule has 1 aromatic carbocycles. The molecule has 4 nitrogen and oxygen atoms in total. The summed E-state index contributed by atoms with van der Waals surface area (Å²) in [5, 5.41) is 0. The molecule has 0 spiro atoms. The zero-order valence-electron chi connectivity index (χ0n) is 12.9. The van der Waals surface area contributed by atoms with Gasteiger partial charge in [-0.1, -0.05) is 18.2 Å². The van der Waals surface area contributed by atoms with E-state index in [1.807, 2.05) is 49.5 Å². The number of carbonyl (C=O) groups is 1. The third-order valence-electron chi connectivity index (χ3n) is 4.07. The Hall–Kier alpha value is -2.36.